The highest BCUT2D eigenvalue weighted by molar-refractivity contribution is 7.92. The zero-order valence-electron chi connectivity index (χ0n) is 15.1. The summed E-state index contributed by atoms with van der Waals surface area (Å²) in [5, 5.41) is 11.8. The number of hydrogen-bond donors (Lipinski definition) is 1. The van der Waals surface area contributed by atoms with Crippen LogP contribution in [0.15, 0.2) is 68.4 Å². The van der Waals surface area contributed by atoms with Crippen LogP contribution in [-0.2, 0) is 10.0 Å². The summed E-state index contributed by atoms with van der Waals surface area (Å²) in [6.07, 6.45) is 0. The Morgan fingerprint density at radius 3 is 2.04 bits per heavy atom. The van der Waals surface area contributed by atoms with Gasteiger partial charge in [-0.25, -0.2) is 8.42 Å². The molecule has 4 rings (SSSR count). The SMILES string of the molecule is Cc1noc(C)c1S(=O)(=O)Nc1ccc(-c2nnc(-c3ccccc3)o2)cc1. The van der Waals surface area contributed by atoms with Crippen LogP contribution in [-0.4, -0.2) is 23.8 Å². The highest BCUT2D eigenvalue weighted by atomic mass is 32.2. The Hall–Kier alpha value is -3.46. The molecule has 4 aromatic rings. The van der Waals surface area contributed by atoms with Gasteiger partial charge in [-0.3, -0.25) is 4.72 Å². The minimum absolute atomic E-state index is 0.0426. The van der Waals surface area contributed by atoms with Crippen molar-refractivity contribution in [3.63, 3.8) is 0 Å². The van der Waals surface area contributed by atoms with Gasteiger partial charge in [0.25, 0.3) is 10.0 Å². The van der Waals surface area contributed by atoms with Gasteiger partial charge in [-0.05, 0) is 50.2 Å². The first kappa shape index (κ1) is 17.9. The van der Waals surface area contributed by atoms with E-state index in [-0.39, 0.29) is 10.7 Å². The second kappa shape index (κ2) is 6.93. The van der Waals surface area contributed by atoms with Crippen molar-refractivity contribution >= 4 is 15.7 Å². The molecule has 0 aliphatic rings. The maximum atomic E-state index is 12.6. The van der Waals surface area contributed by atoms with Crippen molar-refractivity contribution < 1.29 is 17.4 Å². The van der Waals surface area contributed by atoms with E-state index in [4.69, 9.17) is 8.94 Å². The number of anilines is 1. The monoisotopic (exact) mass is 396 g/mol. The van der Waals surface area contributed by atoms with Gasteiger partial charge in [0.05, 0.1) is 0 Å². The number of benzene rings is 2. The molecule has 2 aromatic heterocycles. The summed E-state index contributed by atoms with van der Waals surface area (Å²) in [5.41, 5.74) is 2.20. The van der Waals surface area contributed by atoms with Crippen molar-refractivity contribution in [2.75, 3.05) is 4.72 Å². The van der Waals surface area contributed by atoms with Crippen molar-refractivity contribution in [1.29, 1.82) is 0 Å². The van der Waals surface area contributed by atoms with Crippen molar-refractivity contribution in [3.05, 3.63) is 66.1 Å². The molecular weight excluding hydrogens is 380 g/mol. The summed E-state index contributed by atoms with van der Waals surface area (Å²) in [5.74, 6) is 0.999. The maximum absolute atomic E-state index is 12.6. The Balaban J connectivity index is 1.56. The van der Waals surface area contributed by atoms with Crippen LogP contribution >= 0.6 is 0 Å². The van der Waals surface area contributed by atoms with Gasteiger partial charge >= 0.3 is 0 Å². The minimum atomic E-state index is -3.80. The molecule has 0 aliphatic carbocycles. The zero-order chi connectivity index (χ0) is 19.7. The average Bonchev–Trinajstić information content (AvgIpc) is 3.30. The lowest BCUT2D eigenvalue weighted by Crippen LogP contribution is -2.14. The van der Waals surface area contributed by atoms with E-state index in [1.807, 2.05) is 30.3 Å². The third-order valence-electron chi connectivity index (χ3n) is 4.07. The number of hydrogen-bond acceptors (Lipinski definition) is 7. The normalized spacial score (nSPS) is 11.5. The molecule has 0 radical (unpaired) electrons. The van der Waals surface area contributed by atoms with Gasteiger partial charge in [-0.1, -0.05) is 23.4 Å². The van der Waals surface area contributed by atoms with Crippen LogP contribution in [0.4, 0.5) is 5.69 Å². The standard InChI is InChI=1S/C19H16N4O4S/c1-12-17(13(2)27-22-12)28(24,25)23-16-10-8-15(9-11-16)19-21-20-18(26-19)14-6-4-3-5-7-14/h3-11,23H,1-2H3. The van der Waals surface area contributed by atoms with Crippen molar-refractivity contribution in [1.82, 2.24) is 15.4 Å². The van der Waals surface area contributed by atoms with Crippen molar-refractivity contribution in [3.8, 4) is 22.9 Å². The fraction of sp³-hybridized carbons (Fsp3) is 0.105. The lowest BCUT2D eigenvalue weighted by Gasteiger charge is -2.07. The van der Waals surface area contributed by atoms with E-state index in [9.17, 15) is 8.42 Å². The third-order valence-corrected chi connectivity index (χ3v) is 5.69. The van der Waals surface area contributed by atoms with Crippen LogP contribution in [0.1, 0.15) is 11.5 Å². The second-order valence-corrected chi connectivity index (χ2v) is 7.73. The fourth-order valence-corrected chi connectivity index (χ4v) is 4.17. The molecule has 28 heavy (non-hydrogen) atoms. The van der Waals surface area contributed by atoms with E-state index in [1.165, 1.54) is 0 Å². The zero-order valence-corrected chi connectivity index (χ0v) is 15.9. The molecule has 1 N–H and O–H groups in total. The molecule has 0 spiro atoms. The molecule has 2 aromatic carbocycles. The predicted molar refractivity (Wildman–Crippen MR) is 102 cm³/mol. The molecule has 9 heteroatoms. The highest BCUT2D eigenvalue weighted by Crippen LogP contribution is 2.26. The summed E-state index contributed by atoms with van der Waals surface area (Å²) >= 11 is 0. The van der Waals surface area contributed by atoms with Gasteiger partial charge in [-0.2, -0.15) is 0 Å². The quantitative estimate of drug-likeness (QED) is 0.546. The molecule has 0 saturated carbocycles. The maximum Gasteiger partial charge on any atom is 0.267 e. The lowest BCUT2D eigenvalue weighted by atomic mass is 10.2. The van der Waals surface area contributed by atoms with Crippen LogP contribution < -0.4 is 4.72 Å². The number of aromatic nitrogens is 3. The van der Waals surface area contributed by atoms with Gasteiger partial charge in [0.2, 0.25) is 11.8 Å². The summed E-state index contributed by atoms with van der Waals surface area (Å²) in [6.45, 7) is 3.13. The molecule has 8 nitrogen and oxygen atoms in total. The molecule has 0 bridgehead atoms. The van der Waals surface area contributed by atoms with Gasteiger partial charge in [0.15, 0.2) is 10.7 Å². The third kappa shape index (κ3) is 3.39. The number of aryl methyl sites for hydroxylation is 2. The lowest BCUT2D eigenvalue weighted by molar-refractivity contribution is 0.390. The van der Waals surface area contributed by atoms with E-state index in [0.29, 0.717) is 28.7 Å². The van der Waals surface area contributed by atoms with Crippen LogP contribution in [0.25, 0.3) is 22.9 Å². The smallest absolute Gasteiger partial charge is 0.267 e. The Labute approximate surface area is 161 Å². The number of nitrogens with zero attached hydrogens (tertiary/aromatic N) is 3. The summed E-state index contributed by atoms with van der Waals surface area (Å²) in [7, 11) is -3.80. The van der Waals surface area contributed by atoms with Gasteiger partial charge < -0.3 is 8.94 Å². The van der Waals surface area contributed by atoms with Crippen LogP contribution in [0, 0.1) is 13.8 Å². The number of rotatable bonds is 5. The molecular formula is C19H16N4O4S. The molecule has 0 amide bonds. The Kier molecular flexibility index (Phi) is 4.44. The second-order valence-electron chi connectivity index (χ2n) is 6.11. The molecule has 0 atom stereocenters. The highest BCUT2D eigenvalue weighted by Gasteiger charge is 2.24. The van der Waals surface area contributed by atoms with E-state index in [2.05, 4.69) is 20.1 Å². The Morgan fingerprint density at radius 2 is 1.46 bits per heavy atom. The van der Waals surface area contributed by atoms with E-state index in [1.54, 1.807) is 38.1 Å². The van der Waals surface area contributed by atoms with Crippen molar-refractivity contribution in [2.45, 2.75) is 18.7 Å². The molecule has 0 saturated heterocycles. The van der Waals surface area contributed by atoms with E-state index >= 15 is 0 Å². The Bertz CT molecular complexity index is 1190. The fourth-order valence-electron chi connectivity index (χ4n) is 2.78. The average molecular weight is 396 g/mol. The summed E-state index contributed by atoms with van der Waals surface area (Å²) in [6, 6.07) is 16.1. The summed E-state index contributed by atoms with van der Waals surface area (Å²) < 4.78 is 38.3. The first-order valence-electron chi connectivity index (χ1n) is 8.39. The van der Waals surface area contributed by atoms with Crippen LogP contribution in [0.3, 0.4) is 0 Å². The number of sulfonamides is 1. The van der Waals surface area contributed by atoms with Crippen LogP contribution in [0.5, 0.6) is 0 Å². The van der Waals surface area contributed by atoms with E-state index < -0.39 is 10.0 Å². The first-order valence-corrected chi connectivity index (χ1v) is 9.87. The molecule has 142 valence electrons. The first-order chi connectivity index (χ1) is 13.4. The van der Waals surface area contributed by atoms with E-state index in [0.717, 1.165) is 5.56 Å². The molecule has 0 unspecified atom stereocenters. The largest absolute Gasteiger partial charge is 0.416 e. The summed E-state index contributed by atoms with van der Waals surface area (Å²) in [4.78, 5) is 0.0426. The number of nitrogens with one attached hydrogen (secondary N) is 1. The Morgan fingerprint density at radius 1 is 0.857 bits per heavy atom. The molecule has 0 aliphatic heterocycles. The minimum Gasteiger partial charge on any atom is -0.416 e. The van der Waals surface area contributed by atoms with Gasteiger partial charge in [0.1, 0.15) is 5.69 Å². The predicted octanol–water partition coefficient (Wildman–Crippen LogP) is 3.81. The molecule has 0 fully saturated rings. The van der Waals surface area contributed by atoms with Gasteiger partial charge in [-0.15, -0.1) is 10.2 Å². The van der Waals surface area contributed by atoms with Crippen LogP contribution in [0.2, 0.25) is 0 Å². The topological polar surface area (TPSA) is 111 Å². The van der Waals surface area contributed by atoms with Gasteiger partial charge in [0, 0.05) is 16.8 Å². The molecule has 2 heterocycles. The van der Waals surface area contributed by atoms with Crippen molar-refractivity contribution in [2.24, 2.45) is 0 Å².